The molecule has 0 spiro atoms. The fourth-order valence-corrected chi connectivity index (χ4v) is 4.86. The van der Waals surface area contributed by atoms with Crippen LogP contribution in [0.4, 0.5) is 13.2 Å². The summed E-state index contributed by atoms with van der Waals surface area (Å²) >= 11 is 0. The normalized spacial score (nSPS) is 20.5. The highest BCUT2D eigenvalue weighted by Gasteiger charge is 2.38. The molecule has 2 fully saturated rings. The van der Waals surface area contributed by atoms with E-state index in [9.17, 15) is 27.6 Å². The molecule has 1 saturated carbocycles. The highest BCUT2D eigenvalue weighted by Crippen LogP contribution is 2.36. The van der Waals surface area contributed by atoms with E-state index in [1.807, 2.05) is 0 Å². The zero-order valence-electron chi connectivity index (χ0n) is 17.5. The van der Waals surface area contributed by atoms with Gasteiger partial charge in [-0.25, -0.2) is 9.78 Å². The summed E-state index contributed by atoms with van der Waals surface area (Å²) in [4.78, 5) is 43.7. The van der Waals surface area contributed by atoms with E-state index < -0.39 is 28.4 Å². The maximum atomic E-state index is 13.9. The Morgan fingerprint density at radius 2 is 1.74 bits per heavy atom. The third-order valence-electron chi connectivity index (χ3n) is 6.59. The van der Waals surface area contributed by atoms with E-state index in [2.05, 4.69) is 4.98 Å². The zero-order chi connectivity index (χ0) is 22.5. The van der Waals surface area contributed by atoms with E-state index in [-0.39, 0.29) is 29.1 Å². The van der Waals surface area contributed by atoms with Crippen molar-refractivity contribution in [1.29, 1.82) is 0 Å². The predicted octanol–water partition coefficient (Wildman–Crippen LogP) is 2.55. The van der Waals surface area contributed by atoms with Gasteiger partial charge in [0.2, 0.25) is 5.91 Å². The minimum atomic E-state index is -4.78. The van der Waals surface area contributed by atoms with Gasteiger partial charge in [0, 0.05) is 44.7 Å². The van der Waals surface area contributed by atoms with Crippen LogP contribution >= 0.6 is 0 Å². The van der Waals surface area contributed by atoms with Crippen LogP contribution in [0.2, 0.25) is 0 Å². The molecule has 31 heavy (non-hydrogen) atoms. The van der Waals surface area contributed by atoms with E-state index >= 15 is 0 Å². The first-order valence-electron chi connectivity index (χ1n) is 10.6. The molecule has 4 rings (SSSR count). The molecule has 2 aromatic rings. The number of carbonyl (C=O) groups excluding carboxylic acids is 1. The lowest BCUT2D eigenvalue weighted by molar-refractivity contribution is -0.137. The smallest absolute Gasteiger partial charge is 0.342 e. The third-order valence-corrected chi connectivity index (χ3v) is 6.59. The van der Waals surface area contributed by atoms with Crippen molar-refractivity contribution < 1.29 is 18.0 Å². The number of aromatic nitrogens is 3. The Balaban J connectivity index is 1.80. The van der Waals surface area contributed by atoms with E-state index in [1.54, 1.807) is 4.90 Å². The third kappa shape index (κ3) is 3.76. The number of fused-ring (bicyclic) bond motifs is 1. The fraction of sp³-hybridized carbons (Fsp3) is 0.619. The molecule has 0 N–H and O–H groups in total. The van der Waals surface area contributed by atoms with Crippen LogP contribution in [0.1, 0.15) is 55.7 Å². The highest BCUT2D eigenvalue weighted by atomic mass is 19.4. The van der Waals surface area contributed by atoms with E-state index in [0.29, 0.717) is 30.5 Å². The van der Waals surface area contributed by atoms with E-state index in [0.717, 1.165) is 43.4 Å². The Morgan fingerprint density at radius 1 is 1.06 bits per heavy atom. The van der Waals surface area contributed by atoms with Crippen molar-refractivity contribution in [3.63, 3.8) is 0 Å². The van der Waals surface area contributed by atoms with Gasteiger partial charge in [-0.1, -0.05) is 12.8 Å². The zero-order valence-corrected chi connectivity index (χ0v) is 17.5. The van der Waals surface area contributed by atoms with Crippen molar-refractivity contribution in [2.45, 2.75) is 50.6 Å². The molecule has 1 aliphatic heterocycles. The fourth-order valence-electron chi connectivity index (χ4n) is 4.86. The molecule has 1 saturated heterocycles. The molecule has 3 heterocycles. The second-order valence-corrected chi connectivity index (χ2v) is 8.60. The lowest BCUT2D eigenvalue weighted by atomic mass is 9.91. The van der Waals surface area contributed by atoms with Crippen molar-refractivity contribution in [2.24, 2.45) is 20.0 Å². The highest BCUT2D eigenvalue weighted by molar-refractivity contribution is 5.80. The van der Waals surface area contributed by atoms with Gasteiger partial charge >= 0.3 is 11.9 Å². The van der Waals surface area contributed by atoms with Gasteiger partial charge in [0.1, 0.15) is 5.65 Å². The maximum Gasteiger partial charge on any atom is 0.417 e. The van der Waals surface area contributed by atoms with Gasteiger partial charge in [0.05, 0.1) is 10.9 Å². The van der Waals surface area contributed by atoms with Crippen LogP contribution in [0.25, 0.3) is 11.0 Å². The lowest BCUT2D eigenvalue weighted by Gasteiger charge is -2.34. The van der Waals surface area contributed by atoms with Crippen LogP contribution in [0, 0.1) is 5.92 Å². The first kappa shape index (κ1) is 21.6. The van der Waals surface area contributed by atoms with Gasteiger partial charge in [0.15, 0.2) is 0 Å². The summed E-state index contributed by atoms with van der Waals surface area (Å²) in [7, 11) is 2.45. The van der Waals surface area contributed by atoms with Crippen molar-refractivity contribution in [1.82, 2.24) is 19.0 Å². The summed E-state index contributed by atoms with van der Waals surface area (Å²) in [6.07, 6.45) is 0.238. The molecule has 0 bridgehead atoms. The first-order chi connectivity index (χ1) is 14.6. The molecule has 2 aliphatic rings. The molecular formula is C21H25F3N4O3. The van der Waals surface area contributed by atoms with Crippen molar-refractivity contribution in [2.75, 3.05) is 13.1 Å². The second kappa shape index (κ2) is 7.80. The number of hydrogen-bond acceptors (Lipinski definition) is 4. The summed E-state index contributed by atoms with van der Waals surface area (Å²) in [6.45, 7) is 0.883. The van der Waals surface area contributed by atoms with Gasteiger partial charge < -0.3 is 4.90 Å². The number of pyridine rings is 1. The van der Waals surface area contributed by atoms with Crippen molar-refractivity contribution >= 4 is 16.9 Å². The maximum absolute atomic E-state index is 13.9. The van der Waals surface area contributed by atoms with Crippen LogP contribution < -0.4 is 11.2 Å². The SMILES string of the molecule is Cn1c(=O)c2c(C(F)(F)F)cc(C3CCCN(C(=O)C4CCCC4)C3)nc2n(C)c1=O. The number of rotatable bonds is 2. The number of alkyl halides is 3. The number of halogens is 3. The Hall–Kier alpha value is -2.65. The lowest BCUT2D eigenvalue weighted by Crippen LogP contribution is -2.42. The van der Waals surface area contributed by atoms with Crippen molar-refractivity contribution in [3.05, 3.63) is 38.2 Å². The minimum Gasteiger partial charge on any atom is -0.342 e. The largest absolute Gasteiger partial charge is 0.417 e. The van der Waals surface area contributed by atoms with Gasteiger partial charge in [0.25, 0.3) is 5.56 Å². The number of carbonyl (C=O) groups is 1. The van der Waals surface area contributed by atoms with Gasteiger partial charge in [-0.2, -0.15) is 13.2 Å². The van der Waals surface area contributed by atoms with Gasteiger partial charge in [-0.3, -0.25) is 18.7 Å². The van der Waals surface area contributed by atoms with Gasteiger partial charge in [-0.05, 0) is 31.7 Å². The van der Waals surface area contributed by atoms with Crippen LogP contribution in [-0.2, 0) is 25.1 Å². The molecule has 0 radical (unpaired) electrons. The quantitative estimate of drug-likeness (QED) is 0.722. The van der Waals surface area contributed by atoms with Gasteiger partial charge in [-0.15, -0.1) is 0 Å². The monoisotopic (exact) mass is 438 g/mol. The van der Waals surface area contributed by atoms with Crippen LogP contribution in [0.5, 0.6) is 0 Å². The predicted molar refractivity (Wildman–Crippen MR) is 108 cm³/mol. The standard InChI is InChI=1S/C21H25F3N4O3/c1-26-17-16(19(30)27(2)20(26)31)14(21(22,23)24)10-15(25-17)13-8-5-9-28(11-13)18(29)12-6-3-4-7-12/h10,12-13H,3-9,11H2,1-2H3. The Bertz CT molecular complexity index is 1150. The molecule has 1 atom stereocenters. The number of amides is 1. The van der Waals surface area contributed by atoms with Crippen LogP contribution in [0.15, 0.2) is 15.7 Å². The van der Waals surface area contributed by atoms with Crippen LogP contribution in [-0.4, -0.2) is 38.0 Å². The average Bonchev–Trinajstić information content (AvgIpc) is 3.29. The number of nitrogens with zero attached hydrogens (tertiary/aromatic N) is 4. The molecule has 7 nitrogen and oxygen atoms in total. The molecule has 10 heteroatoms. The number of likely N-dealkylation sites (tertiary alicyclic amines) is 1. The average molecular weight is 438 g/mol. The molecular weight excluding hydrogens is 413 g/mol. The summed E-state index contributed by atoms with van der Waals surface area (Å²) in [5.74, 6) is -0.318. The molecule has 1 amide bonds. The summed E-state index contributed by atoms with van der Waals surface area (Å²) in [5, 5.41) is -0.615. The minimum absolute atomic E-state index is 0.00195. The second-order valence-electron chi connectivity index (χ2n) is 8.60. The van der Waals surface area contributed by atoms with Crippen molar-refractivity contribution in [3.8, 4) is 0 Å². The topological polar surface area (TPSA) is 77.2 Å². The summed E-state index contributed by atoms with van der Waals surface area (Å²) < 4.78 is 43.3. The first-order valence-corrected chi connectivity index (χ1v) is 10.6. The Kier molecular flexibility index (Phi) is 5.43. The Morgan fingerprint density at radius 3 is 2.39 bits per heavy atom. The summed E-state index contributed by atoms with van der Waals surface area (Å²) in [5.41, 5.74) is -2.98. The van der Waals surface area contributed by atoms with E-state index in [4.69, 9.17) is 0 Å². The number of piperidine rings is 1. The molecule has 0 aromatic carbocycles. The van der Waals surface area contributed by atoms with E-state index in [1.165, 1.54) is 7.05 Å². The summed E-state index contributed by atoms with van der Waals surface area (Å²) in [6, 6.07) is 0.919. The number of aryl methyl sites for hydroxylation is 1. The Labute approximate surface area is 176 Å². The molecule has 1 unspecified atom stereocenters. The van der Waals surface area contributed by atoms with Crippen LogP contribution in [0.3, 0.4) is 0 Å². The molecule has 168 valence electrons. The molecule has 2 aromatic heterocycles. The number of hydrogen-bond donors (Lipinski definition) is 0. The molecule has 1 aliphatic carbocycles.